The van der Waals surface area contributed by atoms with Gasteiger partial charge in [-0.3, -0.25) is 9.59 Å². The van der Waals surface area contributed by atoms with E-state index in [2.05, 4.69) is 4.98 Å². The fraction of sp³-hybridized carbons (Fsp3) is 0.286. The molecule has 1 fully saturated rings. The molecule has 0 bridgehead atoms. The van der Waals surface area contributed by atoms with E-state index in [4.69, 9.17) is 4.74 Å². The second-order valence-corrected chi connectivity index (χ2v) is 4.50. The predicted octanol–water partition coefficient (Wildman–Crippen LogP) is 1.00. The summed E-state index contributed by atoms with van der Waals surface area (Å²) in [7, 11) is 0. The van der Waals surface area contributed by atoms with Crippen molar-refractivity contribution < 1.29 is 9.53 Å². The van der Waals surface area contributed by atoms with Gasteiger partial charge in [-0.05, 0) is 17.5 Å². The zero-order valence-corrected chi connectivity index (χ0v) is 10.4. The van der Waals surface area contributed by atoms with Gasteiger partial charge in [0.15, 0.2) is 0 Å². The zero-order chi connectivity index (χ0) is 13.2. The van der Waals surface area contributed by atoms with Crippen LogP contribution in [-0.4, -0.2) is 42.1 Å². The van der Waals surface area contributed by atoms with Crippen LogP contribution in [0.1, 0.15) is 10.4 Å². The summed E-state index contributed by atoms with van der Waals surface area (Å²) in [4.78, 5) is 28.7. The molecule has 1 amide bonds. The number of aromatic amines is 1. The van der Waals surface area contributed by atoms with Crippen molar-refractivity contribution in [2.75, 3.05) is 26.3 Å². The first-order chi connectivity index (χ1) is 9.25. The van der Waals surface area contributed by atoms with Crippen LogP contribution in [0.2, 0.25) is 0 Å². The van der Waals surface area contributed by atoms with Crippen LogP contribution in [0.3, 0.4) is 0 Å². The number of ether oxygens (including phenoxy) is 1. The van der Waals surface area contributed by atoms with Crippen LogP contribution in [0, 0.1) is 0 Å². The number of amides is 1. The number of H-pyrrole nitrogens is 1. The third kappa shape index (κ3) is 2.24. The summed E-state index contributed by atoms with van der Waals surface area (Å²) in [5, 5.41) is 0.860. The van der Waals surface area contributed by atoms with Gasteiger partial charge in [-0.25, -0.2) is 0 Å². The number of hydrogen-bond donors (Lipinski definition) is 1. The van der Waals surface area contributed by atoms with Gasteiger partial charge in [0.2, 0.25) is 0 Å². The molecule has 1 aliphatic heterocycles. The number of para-hydroxylation sites is 1. The minimum atomic E-state index is -0.338. The van der Waals surface area contributed by atoms with Gasteiger partial charge >= 0.3 is 0 Å². The summed E-state index contributed by atoms with van der Waals surface area (Å²) >= 11 is 0. The maximum Gasteiger partial charge on any atom is 0.261 e. The van der Waals surface area contributed by atoms with Crippen molar-refractivity contribution in [1.82, 2.24) is 9.88 Å². The fourth-order valence-corrected chi connectivity index (χ4v) is 2.24. The molecule has 98 valence electrons. The van der Waals surface area contributed by atoms with E-state index in [9.17, 15) is 9.59 Å². The lowest BCUT2D eigenvalue weighted by Crippen LogP contribution is -2.42. The van der Waals surface area contributed by atoms with Crippen LogP contribution in [0.15, 0.2) is 35.1 Å². The minimum absolute atomic E-state index is 0.195. The average Bonchev–Trinajstić information content (AvgIpc) is 2.47. The second kappa shape index (κ2) is 4.85. The van der Waals surface area contributed by atoms with E-state index in [0.717, 1.165) is 10.9 Å². The normalized spacial score (nSPS) is 15.7. The third-order valence-corrected chi connectivity index (χ3v) is 3.28. The van der Waals surface area contributed by atoms with E-state index in [1.807, 2.05) is 24.3 Å². The van der Waals surface area contributed by atoms with Gasteiger partial charge in [0.05, 0.1) is 13.2 Å². The molecule has 1 N–H and O–H groups in total. The quantitative estimate of drug-likeness (QED) is 0.830. The highest BCUT2D eigenvalue weighted by molar-refractivity contribution is 5.97. The summed E-state index contributed by atoms with van der Waals surface area (Å²) in [6.07, 6.45) is 0. The lowest BCUT2D eigenvalue weighted by atomic mass is 10.1. The number of pyridine rings is 1. The number of carbonyl (C=O) groups is 1. The van der Waals surface area contributed by atoms with Crippen LogP contribution in [0.25, 0.3) is 10.9 Å². The molecule has 0 unspecified atom stereocenters. The van der Waals surface area contributed by atoms with E-state index in [0.29, 0.717) is 26.3 Å². The number of fused-ring (bicyclic) bond motifs is 1. The van der Waals surface area contributed by atoms with E-state index >= 15 is 0 Å². The van der Waals surface area contributed by atoms with Gasteiger partial charge in [-0.1, -0.05) is 18.2 Å². The SMILES string of the molecule is O=C(c1cc2ccccc2[nH]c1=O)N1CCOCC1. The largest absolute Gasteiger partial charge is 0.378 e. The average molecular weight is 258 g/mol. The number of hydrogen-bond acceptors (Lipinski definition) is 3. The standard InChI is InChI=1S/C14H14N2O3/c17-13-11(14(18)16-5-7-19-8-6-16)9-10-3-1-2-4-12(10)15-13/h1-4,9H,5-8H2,(H,15,17). The molecule has 0 aliphatic carbocycles. The molecule has 1 aromatic carbocycles. The number of morpholine rings is 1. The van der Waals surface area contributed by atoms with Crippen molar-refractivity contribution in [1.29, 1.82) is 0 Å². The van der Waals surface area contributed by atoms with Crippen molar-refractivity contribution in [3.63, 3.8) is 0 Å². The highest BCUT2D eigenvalue weighted by Crippen LogP contribution is 2.12. The smallest absolute Gasteiger partial charge is 0.261 e. The highest BCUT2D eigenvalue weighted by atomic mass is 16.5. The summed E-state index contributed by atoms with van der Waals surface area (Å²) in [6, 6.07) is 9.08. The Kier molecular flexibility index (Phi) is 3.05. The Morgan fingerprint density at radius 1 is 1.21 bits per heavy atom. The van der Waals surface area contributed by atoms with Gasteiger partial charge < -0.3 is 14.6 Å². The zero-order valence-electron chi connectivity index (χ0n) is 10.4. The topological polar surface area (TPSA) is 62.4 Å². The molecule has 0 saturated carbocycles. The third-order valence-electron chi connectivity index (χ3n) is 3.28. The molecule has 2 aromatic rings. The van der Waals surface area contributed by atoms with Crippen LogP contribution >= 0.6 is 0 Å². The van der Waals surface area contributed by atoms with E-state index < -0.39 is 0 Å². The van der Waals surface area contributed by atoms with E-state index in [1.54, 1.807) is 11.0 Å². The molecule has 1 aliphatic rings. The first kappa shape index (κ1) is 11.9. The van der Waals surface area contributed by atoms with Gasteiger partial charge in [-0.2, -0.15) is 0 Å². The Balaban J connectivity index is 2.01. The van der Waals surface area contributed by atoms with Crippen molar-refractivity contribution in [2.45, 2.75) is 0 Å². The maximum atomic E-state index is 12.3. The molecule has 5 nitrogen and oxygen atoms in total. The molecule has 0 atom stereocenters. The second-order valence-electron chi connectivity index (χ2n) is 4.50. The molecular formula is C14H14N2O3. The summed E-state index contributed by atoms with van der Waals surface area (Å²) in [5.74, 6) is -0.227. The Morgan fingerprint density at radius 3 is 2.74 bits per heavy atom. The van der Waals surface area contributed by atoms with E-state index in [-0.39, 0.29) is 17.0 Å². The predicted molar refractivity (Wildman–Crippen MR) is 71.3 cm³/mol. The number of carbonyl (C=O) groups excluding carboxylic acids is 1. The molecule has 5 heteroatoms. The van der Waals surface area contributed by atoms with Gasteiger partial charge in [-0.15, -0.1) is 0 Å². The molecule has 1 aromatic heterocycles. The molecule has 0 radical (unpaired) electrons. The fourth-order valence-electron chi connectivity index (χ4n) is 2.24. The van der Waals surface area contributed by atoms with Crippen LogP contribution in [0.4, 0.5) is 0 Å². The Hall–Kier alpha value is -2.14. The van der Waals surface area contributed by atoms with Crippen molar-refractivity contribution in [3.05, 3.63) is 46.2 Å². The lowest BCUT2D eigenvalue weighted by molar-refractivity contribution is 0.0302. The molecule has 0 spiro atoms. The highest BCUT2D eigenvalue weighted by Gasteiger charge is 2.21. The molecular weight excluding hydrogens is 244 g/mol. The first-order valence-electron chi connectivity index (χ1n) is 6.25. The maximum absolute atomic E-state index is 12.3. The van der Waals surface area contributed by atoms with Crippen LogP contribution < -0.4 is 5.56 Å². The lowest BCUT2D eigenvalue weighted by Gasteiger charge is -2.26. The molecule has 2 heterocycles. The molecule has 3 rings (SSSR count). The summed E-state index contributed by atoms with van der Waals surface area (Å²) in [5.41, 5.74) is 0.599. The van der Waals surface area contributed by atoms with E-state index in [1.165, 1.54) is 0 Å². The number of aromatic nitrogens is 1. The van der Waals surface area contributed by atoms with Crippen molar-refractivity contribution in [2.24, 2.45) is 0 Å². The number of nitrogens with one attached hydrogen (secondary N) is 1. The van der Waals surface area contributed by atoms with Crippen LogP contribution in [0.5, 0.6) is 0 Å². The number of benzene rings is 1. The van der Waals surface area contributed by atoms with Gasteiger partial charge in [0.25, 0.3) is 11.5 Å². The first-order valence-corrected chi connectivity index (χ1v) is 6.25. The number of rotatable bonds is 1. The number of nitrogens with zero attached hydrogens (tertiary/aromatic N) is 1. The summed E-state index contributed by atoms with van der Waals surface area (Å²) < 4.78 is 5.21. The van der Waals surface area contributed by atoms with Crippen LogP contribution in [-0.2, 0) is 4.74 Å². The Bertz CT molecular complexity index is 672. The van der Waals surface area contributed by atoms with Crippen molar-refractivity contribution >= 4 is 16.8 Å². The minimum Gasteiger partial charge on any atom is -0.378 e. The summed E-state index contributed by atoms with van der Waals surface area (Å²) in [6.45, 7) is 2.12. The Morgan fingerprint density at radius 2 is 1.95 bits per heavy atom. The van der Waals surface area contributed by atoms with Gasteiger partial charge in [0.1, 0.15) is 5.56 Å². The molecule has 1 saturated heterocycles. The Labute approximate surface area is 109 Å². The molecule has 19 heavy (non-hydrogen) atoms. The van der Waals surface area contributed by atoms with Crippen molar-refractivity contribution in [3.8, 4) is 0 Å². The van der Waals surface area contributed by atoms with Gasteiger partial charge in [0, 0.05) is 18.6 Å². The monoisotopic (exact) mass is 258 g/mol.